The Balaban J connectivity index is 1.97. The third-order valence-electron chi connectivity index (χ3n) is 3.87. The lowest BCUT2D eigenvalue weighted by molar-refractivity contribution is -0.137. The number of nitrogens with one attached hydrogen (secondary N) is 1. The van der Waals surface area contributed by atoms with E-state index in [4.69, 9.17) is 0 Å². The highest BCUT2D eigenvalue weighted by Gasteiger charge is 2.29. The van der Waals surface area contributed by atoms with E-state index in [9.17, 15) is 14.7 Å². The summed E-state index contributed by atoms with van der Waals surface area (Å²) < 4.78 is 0. The van der Waals surface area contributed by atoms with Gasteiger partial charge in [-0.1, -0.05) is 18.2 Å². The zero-order valence-electron chi connectivity index (χ0n) is 12.3. The Morgan fingerprint density at radius 2 is 2.05 bits per heavy atom. The first-order chi connectivity index (χ1) is 10.1. The van der Waals surface area contributed by atoms with E-state index in [1.54, 1.807) is 36.1 Å². The summed E-state index contributed by atoms with van der Waals surface area (Å²) in [6.45, 7) is 2.31. The zero-order valence-corrected chi connectivity index (χ0v) is 12.3. The Bertz CT molecular complexity index is 490. The van der Waals surface area contributed by atoms with Crippen LogP contribution in [0.15, 0.2) is 30.3 Å². The number of amides is 2. The SMILES string of the molecule is CC(NC(=O)c1ccccc1)C(=O)N1CCCCC1CO. The van der Waals surface area contributed by atoms with E-state index >= 15 is 0 Å². The van der Waals surface area contributed by atoms with Gasteiger partial charge in [-0.15, -0.1) is 0 Å². The Labute approximate surface area is 125 Å². The van der Waals surface area contributed by atoms with Crippen molar-refractivity contribution in [1.29, 1.82) is 0 Å². The quantitative estimate of drug-likeness (QED) is 0.875. The highest BCUT2D eigenvalue weighted by molar-refractivity contribution is 5.97. The van der Waals surface area contributed by atoms with Crippen LogP contribution in [0.4, 0.5) is 0 Å². The Morgan fingerprint density at radius 3 is 2.71 bits per heavy atom. The molecule has 1 aliphatic heterocycles. The topological polar surface area (TPSA) is 69.6 Å². The molecular formula is C16H22N2O3. The van der Waals surface area contributed by atoms with Crippen LogP contribution in [0.5, 0.6) is 0 Å². The van der Waals surface area contributed by atoms with Crippen molar-refractivity contribution in [2.45, 2.75) is 38.3 Å². The third-order valence-corrected chi connectivity index (χ3v) is 3.87. The molecule has 1 saturated heterocycles. The standard InChI is InChI=1S/C16H22N2O3/c1-12(17-15(20)13-7-3-2-4-8-13)16(21)18-10-6-5-9-14(18)11-19/h2-4,7-8,12,14,19H,5-6,9-11H2,1H3,(H,17,20). The predicted molar refractivity (Wildman–Crippen MR) is 79.8 cm³/mol. The molecule has 0 aromatic heterocycles. The highest BCUT2D eigenvalue weighted by atomic mass is 16.3. The van der Waals surface area contributed by atoms with Gasteiger partial charge in [-0.05, 0) is 38.3 Å². The Hall–Kier alpha value is -1.88. The molecule has 1 aliphatic rings. The van der Waals surface area contributed by atoms with E-state index in [2.05, 4.69) is 5.32 Å². The van der Waals surface area contributed by atoms with Crippen molar-refractivity contribution in [1.82, 2.24) is 10.2 Å². The fourth-order valence-electron chi connectivity index (χ4n) is 2.66. The number of aliphatic hydroxyl groups is 1. The molecule has 2 N–H and O–H groups in total. The minimum Gasteiger partial charge on any atom is -0.394 e. The van der Waals surface area contributed by atoms with Gasteiger partial charge >= 0.3 is 0 Å². The van der Waals surface area contributed by atoms with Crippen LogP contribution >= 0.6 is 0 Å². The number of nitrogens with zero attached hydrogens (tertiary/aromatic N) is 1. The maximum Gasteiger partial charge on any atom is 0.251 e. The molecular weight excluding hydrogens is 268 g/mol. The van der Waals surface area contributed by atoms with Crippen LogP contribution in [0, 0.1) is 0 Å². The van der Waals surface area contributed by atoms with E-state index < -0.39 is 6.04 Å². The second-order valence-corrected chi connectivity index (χ2v) is 5.42. The number of benzene rings is 1. The van der Waals surface area contributed by atoms with Gasteiger partial charge < -0.3 is 15.3 Å². The third kappa shape index (κ3) is 3.82. The maximum absolute atomic E-state index is 12.4. The Morgan fingerprint density at radius 1 is 1.33 bits per heavy atom. The van der Waals surface area contributed by atoms with Gasteiger partial charge in [0.1, 0.15) is 6.04 Å². The van der Waals surface area contributed by atoms with Gasteiger partial charge in [0.05, 0.1) is 12.6 Å². The van der Waals surface area contributed by atoms with Crippen LogP contribution in [-0.4, -0.2) is 47.1 Å². The lowest BCUT2D eigenvalue weighted by Crippen LogP contribution is -2.53. The van der Waals surface area contributed by atoms with Gasteiger partial charge in [0, 0.05) is 12.1 Å². The smallest absolute Gasteiger partial charge is 0.251 e. The first-order valence-electron chi connectivity index (χ1n) is 7.40. The molecule has 0 aliphatic carbocycles. The summed E-state index contributed by atoms with van der Waals surface area (Å²) in [5.74, 6) is -0.382. The van der Waals surface area contributed by atoms with Crippen LogP contribution < -0.4 is 5.32 Å². The summed E-state index contributed by atoms with van der Waals surface area (Å²) in [6, 6.07) is 8.12. The van der Waals surface area contributed by atoms with Gasteiger partial charge in [-0.2, -0.15) is 0 Å². The van der Waals surface area contributed by atoms with Crippen LogP contribution in [-0.2, 0) is 4.79 Å². The van der Waals surface area contributed by atoms with Gasteiger partial charge in [0.25, 0.3) is 5.91 Å². The molecule has 1 aromatic carbocycles. The summed E-state index contributed by atoms with van der Waals surface area (Å²) in [7, 11) is 0. The molecule has 2 rings (SSSR count). The molecule has 0 radical (unpaired) electrons. The number of hydrogen-bond donors (Lipinski definition) is 2. The van der Waals surface area contributed by atoms with Crippen LogP contribution in [0.1, 0.15) is 36.5 Å². The molecule has 0 spiro atoms. The lowest BCUT2D eigenvalue weighted by atomic mass is 10.0. The van der Waals surface area contributed by atoms with Gasteiger partial charge in [0.2, 0.25) is 5.91 Å². The molecule has 5 heteroatoms. The van der Waals surface area contributed by atoms with Crippen LogP contribution in [0.2, 0.25) is 0 Å². The maximum atomic E-state index is 12.4. The molecule has 0 bridgehead atoms. The molecule has 2 amide bonds. The normalized spacial score (nSPS) is 19.9. The predicted octanol–water partition coefficient (Wildman–Crippen LogP) is 1.18. The van der Waals surface area contributed by atoms with Crippen molar-refractivity contribution in [3.05, 3.63) is 35.9 Å². The Kier molecular flexibility index (Phi) is 5.33. The summed E-state index contributed by atoms with van der Waals surface area (Å²) in [6.07, 6.45) is 2.79. The second kappa shape index (κ2) is 7.22. The monoisotopic (exact) mass is 290 g/mol. The minimum atomic E-state index is -0.593. The fourth-order valence-corrected chi connectivity index (χ4v) is 2.66. The van der Waals surface area contributed by atoms with Gasteiger partial charge in [-0.3, -0.25) is 9.59 Å². The molecule has 1 aromatic rings. The summed E-state index contributed by atoms with van der Waals surface area (Å²) in [4.78, 5) is 26.2. The highest BCUT2D eigenvalue weighted by Crippen LogP contribution is 2.17. The molecule has 2 atom stereocenters. The van der Waals surface area contributed by atoms with Crippen molar-refractivity contribution < 1.29 is 14.7 Å². The zero-order chi connectivity index (χ0) is 15.2. The van der Waals surface area contributed by atoms with Crippen molar-refractivity contribution >= 4 is 11.8 Å². The number of carbonyl (C=O) groups is 2. The van der Waals surface area contributed by atoms with E-state index in [1.807, 2.05) is 6.07 Å². The van der Waals surface area contributed by atoms with Gasteiger partial charge in [-0.25, -0.2) is 0 Å². The molecule has 2 unspecified atom stereocenters. The number of likely N-dealkylation sites (tertiary alicyclic amines) is 1. The molecule has 1 heterocycles. The van der Waals surface area contributed by atoms with E-state index in [1.165, 1.54) is 0 Å². The van der Waals surface area contributed by atoms with Crippen LogP contribution in [0.25, 0.3) is 0 Å². The van der Waals surface area contributed by atoms with Crippen molar-refractivity contribution in [3.8, 4) is 0 Å². The van der Waals surface area contributed by atoms with Crippen LogP contribution in [0.3, 0.4) is 0 Å². The number of aliphatic hydroxyl groups excluding tert-OH is 1. The number of piperidine rings is 1. The average molecular weight is 290 g/mol. The van der Waals surface area contributed by atoms with Gasteiger partial charge in [0.15, 0.2) is 0 Å². The van der Waals surface area contributed by atoms with Crippen molar-refractivity contribution in [3.63, 3.8) is 0 Å². The molecule has 21 heavy (non-hydrogen) atoms. The lowest BCUT2D eigenvalue weighted by Gasteiger charge is -2.36. The average Bonchev–Trinajstić information content (AvgIpc) is 2.54. The van der Waals surface area contributed by atoms with Crippen molar-refractivity contribution in [2.24, 2.45) is 0 Å². The fraction of sp³-hybridized carbons (Fsp3) is 0.500. The first kappa shape index (κ1) is 15.5. The van der Waals surface area contributed by atoms with Crippen molar-refractivity contribution in [2.75, 3.05) is 13.2 Å². The molecule has 5 nitrogen and oxygen atoms in total. The van der Waals surface area contributed by atoms with E-state index in [0.717, 1.165) is 19.3 Å². The summed E-state index contributed by atoms with van der Waals surface area (Å²) in [5.41, 5.74) is 0.537. The van der Waals surface area contributed by atoms with E-state index in [-0.39, 0.29) is 24.5 Å². The number of carbonyl (C=O) groups excluding carboxylic acids is 2. The first-order valence-corrected chi connectivity index (χ1v) is 7.40. The second-order valence-electron chi connectivity index (χ2n) is 5.42. The molecule has 1 fully saturated rings. The minimum absolute atomic E-state index is 0.0227. The number of hydrogen-bond acceptors (Lipinski definition) is 3. The molecule has 0 saturated carbocycles. The summed E-state index contributed by atoms with van der Waals surface area (Å²) in [5, 5.41) is 12.1. The van der Waals surface area contributed by atoms with E-state index in [0.29, 0.717) is 12.1 Å². The summed E-state index contributed by atoms with van der Waals surface area (Å²) >= 11 is 0. The largest absolute Gasteiger partial charge is 0.394 e. The molecule has 114 valence electrons. The number of rotatable bonds is 4.